The van der Waals surface area contributed by atoms with Crippen LogP contribution in [-0.4, -0.2) is 11.1 Å². The third-order valence-electron chi connectivity index (χ3n) is 2.07. The number of carbonyl (C=O) groups is 1. The minimum Gasteiger partial charge on any atom is -0.477 e. The molecular weight excluding hydrogens is 290 g/mol. The highest BCUT2D eigenvalue weighted by atomic mass is 35.5. The van der Waals surface area contributed by atoms with Crippen LogP contribution in [0.3, 0.4) is 0 Å². The van der Waals surface area contributed by atoms with E-state index in [4.69, 9.17) is 22.0 Å². The third-order valence-corrected chi connectivity index (χ3v) is 4.61. The van der Waals surface area contributed by atoms with Crippen LogP contribution in [0.5, 0.6) is 0 Å². The van der Waals surface area contributed by atoms with Gasteiger partial charge in [0.2, 0.25) is 0 Å². The molecular formula is C12H6ClNO2S2. The minimum atomic E-state index is -0.933. The van der Waals surface area contributed by atoms with Crippen LogP contribution in [-0.2, 0) is 0 Å². The molecule has 3 nitrogen and oxygen atoms in total. The number of benzene rings is 1. The smallest absolute Gasteiger partial charge is 0.345 e. The van der Waals surface area contributed by atoms with Crippen LogP contribution in [0.25, 0.3) is 0 Å². The predicted octanol–water partition coefficient (Wildman–Crippen LogP) is 4.12. The van der Waals surface area contributed by atoms with Crippen molar-refractivity contribution in [3.8, 4) is 6.07 Å². The molecule has 0 aliphatic carbocycles. The summed E-state index contributed by atoms with van der Waals surface area (Å²) in [5, 5.41) is 19.8. The minimum absolute atomic E-state index is 0.294. The van der Waals surface area contributed by atoms with Crippen molar-refractivity contribution in [1.82, 2.24) is 0 Å². The SMILES string of the molecule is N#Cc1ccc(Sc2csc(C(=O)O)c2)c(Cl)c1. The number of hydrogen-bond donors (Lipinski definition) is 1. The fourth-order valence-corrected chi connectivity index (χ4v) is 3.30. The first kappa shape index (κ1) is 13.0. The van der Waals surface area contributed by atoms with Crippen molar-refractivity contribution >= 4 is 40.7 Å². The lowest BCUT2D eigenvalue weighted by molar-refractivity contribution is 0.0702. The first-order valence-electron chi connectivity index (χ1n) is 4.79. The Morgan fingerprint density at radius 3 is 2.78 bits per heavy atom. The molecule has 18 heavy (non-hydrogen) atoms. The van der Waals surface area contributed by atoms with Crippen molar-refractivity contribution in [3.63, 3.8) is 0 Å². The van der Waals surface area contributed by atoms with Crippen LogP contribution in [0.2, 0.25) is 5.02 Å². The predicted molar refractivity (Wildman–Crippen MR) is 71.6 cm³/mol. The third kappa shape index (κ3) is 2.85. The summed E-state index contributed by atoms with van der Waals surface area (Å²) in [4.78, 5) is 12.7. The molecule has 1 N–H and O–H groups in total. The molecule has 6 heteroatoms. The number of halogens is 1. The zero-order valence-electron chi connectivity index (χ0n) is 8.88. The van der Waals surface area contributed by atoms with E-state index in [0.29, 0.717) is 15.5 Å². The fourth-order valence-electron chi connectivity index (χ4n) is 1.26. The molecule has 0 saturated heterocycles. The highest BCUT2D eigenvalue weighted by Gasteiger charge is 2.09. The van der Waals surface area contributed by atoms with Gasteiger partial charge >= 0.3 is 5.97 Å². The molecule has 1 aromatic carbocycles. The molecule has 0 atom stereocenters. The van der Waals surface area contributed by atoms with E-state index in [9.17, 15) is 4.79 Å². The van der Waals surface area contributed by atoms with E-state index >= 15 is 0 Å². The first-order chi connectivity index (χ1) is 8.60. The topological polar surface area (TPSA) is 61.1 Å². The van der Waals surface area contributed by atoms with Gasteiger partial charge in [0.15, 0.2) is 0 Å². The average Bonchev–Trinajstić information content (AvgIpc) is 2.80. The van der Waals surface area contributed by atoms with Crippen LogP contribution in [0.15, 0.2) is 39.4 Å². The standard InChI is InChI=1S/C12H6ClNO2S2/c13-9-3-7(5-14)1-2-10(9)18-8-4-11(12(15)16)17-6-8/h1-4,6H,(H,15,16). The Morgan fingerprint density at radius 1 is 1.44 bits per heavy atom. The molecule has 0 aliphatic rings. The largest absolute Gasteiger partial charge is 0.477 e. The summed E-state index contributed by atoms with van der Waals surface area (Å²) in [5.41, 5.74) is 0.501. The normalized spacial score (nSPS) is 10.0. The van der Waals surface area contributed by atoms with Gasteiger partial charge in [-0.05, 0) is 24.3 Å². The summed E-state index contributed by atoms with van der Waals surface area (Å²) in [6.07, 6.45) is 0. The number of carboxylic acids is 1. The molecule has 2 aromatic rings. The zero-order valence-corrected chi connectivity index (χ0v) is 11.3. The van der Waals surface area contributed by atoms with Crippen molar-refractivity contribution in [1.29, 1.82) is 5.26 Å². The summed E-state index contributed by atoms with van der Waals surface area (Å²) < 4.78 is 0. The highest BCUT2D eigenvalue weighted by Crippen LogP contribution is 2.35. The van der Waals surface area contributed by atoms with Crippen molar-refractivity contribution in [2.75, 3.05) is 0 Å². The number of carboxylic acid groups (broad SMARTS) is 1. The van der Waals surface area contributed by atoms with E-state index in [0.717, 1.165) is 9.79 Å². The Balaban J connectivity index is 2.23. The van der Waals surface area contributed by atoms with Crippen molar-refractivity contribution in [2.24, 2.45) is 0 Å². The number of hydrogen-bond acceptors (Lipinski definition) is 4. The van der Waals surface area contributed by atoms with Gasteiger partial charge in [0.1, 0.15) is 4.88 Å². The lowest BCUT2D eigenvalue weighted by Gasteiger charge is -2.02. The molecule has 1 aromatic heterocycles. The first-order valence-corrected chi connectivity index (χ1v) is 6.87. The highest BCUT2D eigenvalue weighted by molar-refractivity contribution is 7.99. The van der Waals surface area contributed by atoms with E-state index < -0.39 is 5.97 Å². The van der Waals surface area contributed by atoms with Gasteiger partial charge in [0.25, 0.3) is 0 Å². The molecule has 0 bridgehead atoms. The molecule has 0 saturated carbocycles. The maximum atomic E-state index is 10.8. The van der Waals surface area contributed by atoms with Gasteiger partial charge < -0.3 is 5.11 Å². The lowest BCUT2D eigenvalue weighted by Crippen LogP contribution is -1.89. The van der Waals surface area contributed by atoms with Gasteiger partial charge in [0.05, 0.1) is 16.7 Å². The van der Waals surface area contributed by atoms with Gasteiger partial charge in [-0.1, -0.05) is 23.4 Å². The molecule has 0 spiro atoms. The van der Waals surface area contributed by atoms with Gasteiger partial charge in [-0.15, -0.1) is 11.3 Å². The van der Waals surface area contributed by atoms with Gasteiger partial charge in [0, 0.05) is 15.2 Å². The summed E-state index contributed by atoms with van der Waals surface area (Å²) in [6, 6.07) is 8.64. The monoisotopic (exact) mass is 295 g/mol. The molecule has 0 radical (unpaired) electrons. The summed E-state index contributed by atoms with van der Waals surface area (Å²) >= 11 is 8.59. The molecule has 90 valence electrons. The van der Waals surface area contributed by atoms with Gasteiger partial charge in [-0.2, -0.15) is 5.26 Å². The fraction of sp³-hybridized carbons (Fsp3) is 0. The van der Waals surface area contributed by atoms with E-state index in [-0.39, 0.29) is 0 Å². The van der Waals surface area contributed by atoms with Crippen LogP contribution in [0.1, 0.15) is 15.2 Å². The average molecular weight is 296 g/mol. The Kier molecular flexibility index (Phi) is 3.92. The number of aromatic carboxylic acids is 1. The number of rotatable bonds is 3. The van der Waals surface area contributed by atoms with Gasteiger partial charge in [-0.25, -0.2) is 4.79 Å². The van der Waals surface area contributed by atoms with Gasteiger partial charge in [-0.3, -0.25) is 0 Å². The van der Waals surface area contributed by atoms with Crippen molar-refractivity contribution in [3.05, 3.63) is 45.1 Å². The summed E-state index contributed by atoms with van der Waals surface area (Å²) in [7, 11) is 0. The molecule has 1 heterocycles. The summed E-state index contributed by atoms with van der Waals surface area (Å²) in [6.45, 7) is 0. The summed E-state index contributed by atoms with van der Waals surface area (Å²) in [5.74, 6) is -0.933. The Bertz CT molecular complexity index is 646. The molecule has 0 fully saturated rings. The van der Waals surface area contributed by atoms with Crippen LogP contribution >= 0.6 is 34.7 Å². The van der Waals surface area contributed by atoms with Crippen molar-refractivity contribution in [2.45, 2.75) is 9.79 Å². The second kappa shape index (κ2) is 5.44. The van der Waals surface area contributed by atoms with E-state index in [1.54, 1.807) is 29.6 Å². The quantitative estimate of drug-likeness (QED) is 0.925. The molecule has 0 amide bonds. The van der Waals surface area contributed by atoms with Crippen LogP contribution < -0.4 is 0 Å². The Labute approximate surface area is 117 Å². The van der Waals surface area contributed by atoms with Crippen LogP contribution in [0, 0.1) is 11.3 Å². The second-order valence-electron chi connectivity index (χ2n) is 3.31. The van der Waals surface area contributed by atoms with E-state index in [2.05, 4.69) is 0 Å². The maximum absolute atomic E-state index is 10.8. The van der Waals surface area contributed by atoms with E-state index in [1.165, 1.54) is 23.1 Å². The second-order valence-corrected chi connectivity index (χ2v) is 5.74. The Morgan fingerprint density at radius 2 is 2.22 bits per heavy atom. The lowest BCUT2D eigenvalue weighted by atomic mass is 10.2. The Hall–Kier alpha value is -1.48. The number of nitriles is 1. The maximum Gasteiger partial charge on any atom is 0.345 e. The van der Waals surface area contributed by atoms with Crippen molar-refractivity contribution < 1.29 is 9.90 Å². The van der Waals surface area contributed by atoms with E-state index in [1.807, 2.05) is 6.07 Å². The number of nitrogens with zero attached hydrogens (tertiary/aromatic N) is 1. The molecule has 0 aliphatic heterocycles. The molecule has 2 rings (SSSR count). The molecule has 0 unspecified atom stereocenters. The number of thiophene rings is 1. The van der Waals surface area contributed by atoms with Crippen LogP contribution in [0.4, 0.5) is 0 Å². The zero-order chi connectivity index (χ0) is 13.1.